The van der Waals surface area contributed by atoms with Crippen LogP contribution >= 0.6 is 31.9 Å². The summed E-state index contributed by atoms with van der Waals surface area (Å²) in [6.07, 6.45) is 2.51. The van der Waals surface area contributed by atoms with E-state index in [1.54, 1.807) is 0 Å². The van der Waals surface area contributed by atoms with Crippen LogP contribution in [0.5, 0.6) is 5.75 Å². The van der Waals surface area contributed by atoms with Gasteiger partial charge < -0.3 is 5.11 Å². The van der Waals surface area contributed by atoms with E-state index < -0.39 is 0 Å². The number of phenols is 1. The van der Waals surface area contributed by atoms with Gasteiger partial charge in [-0.1, -0.05) is 48.5 Å². The van der Waals surface area contributed by atoms with Crippen molar-refractivity contribution < 1.29 is 5.11 Å². The van der Waals surface area contributed by atoms with Crippen molar-refractivity contribution in [1.82, 2.24) is 0 Å². The molecular weight excluding hydrogens is 428 g/mol. The van der Waals surface area contributed by atoms with E-state index in [-0.39, 0.29) is 5.75 Å². The third kappa shape index (κ3) is 3.03. The molecule has 0 aliphatic heterocycles. The minimum absolute atomic E-state index is 0.243. The van der Waals surface area contributed by atoms with Crippen molar-refractivity contribution in [2.75, 3.05) is 0 Å². The molecule has 0 radical (unpaired) electrons. The summed E-state index contributed by atoms with van der Waals surface area (Å²) >= 11 is 6.89. The van der Waals surface area contributed by atoms with Crippen LogP contribution in [0, 0.1) is 0 Å². The molecule has 3 aromatic rings. The van der Waals surface area contributed by atoms with Crippen LogP contribution < -0.4 is 0 Å². The minimum Gasteiger partial charge on any atom is -0.506 e. The first-order valence-electron chi connectivity index (χ1n) is 8.01. The third-order valence-electron chi connectivity index (χ3n) is 4.50. The van der Waals surface area contributed by atoms with Crippen molar-refractivity contribution in [3.05, 3.63) is 75.2 Å². The van der Waals surface area contributed by atoms with Crippen molar-refractivity contribution in [3.8, 4) is 28.0 Å². The lowest BCUT2D eigenvalue weighted by Gasteiger charge is -2.13. The van der Waals surface area contributed by atoms with E-state index in [0.29, 0.717) is 14.9 Å². The maximum atomic E-state index is 9.97. The number of halogens is 2. The summed E-state index contributed by atoms with van der Waals surface area (Å²) in [6, 6.07) is 21.2. The monoisotopic (exact) mass is 442 g/mol. The molecule has 1 nitrogen and oxygen atoms in total. The zero-order chi connectivity index (χ0) is 16.7. The molecule has 3 aromatic carbocycles. The van der Waals surface area contributed by atoms with Crippen LogP contribution in [0.1, 0.15) is 24.3 Å². The fourth-order valence-electron chi connectivity index (χ4n) is 3.09. The van der Waals surface area contributed by atoms with Crippen LogP contribution in [0.25, 0.3) is 22.3 Å². The van der Waals surface area contributed by atoms with Gasteiger partial charge in [0.05, 0.1) is 8.95 Å². The van der Waals surface area contributed by atoms with Gasteiger partial charge >= 0.3 is 0 Å². The lowest BCUT2D eigenvalue weighted by Crippen LogP contribution is -1.90. The summed E-state index contributed by atoms with van der Waals surface area (Å²) in [5.74, 6) is 0.891. The molecule has 120 valence electrons. The summed E-state index contributed by atoms with van der Waals surface area (Å²) in [4.78, 5) is 0. The Morgan fingerprint density at radius 2 is 1.42 bits per heavy atom. The highest BCUT2D eigenvalue weighted by Crippen LogP contribution is 2.47. The highest BCUT2D eigenvalue weighted by atomic mass is 79.9. The van der Waals surface area contributed by atoms with Gasteiger partial charge in [-0.15, -0.1) is 0 Å². The van der Waals surface area contributed by atoms with Crippen molar-refractivity contribution in [1.29, 1.82) is 0 Å². The van der Waals surface area contributed by atoms with E-state index in [1.165, 1.54) is 35.1 Å². The first kappa shape index (κ1) is 15.9. The Bertz CT molecular complexity index is 876. The van der Waals surface area contributed by atoms with Crippen LogP contribution in [0.15, 0.2) is 69.6 Å². The molecule has 24 heavy (non-hydrogen) atoms. The first-order valence-corrected chi connectivity index (χ1v) is 9.60. The second-order valence-corrected chi connectivity index (χ2v) is 7.94. The van der Waals surface area contributed by atoms with Gasteiger partial charge in [-0.05, 0) is 90.6 Å². The number of rotatable bonds is 3. The van der Waals surface area contributed by atoms with Gasteiger partial charge in [-0.3, -0.25) is 0 Å². The number of hydrogen-bond donors (Lipinski definition) is 1. The van der Waals surface area contributed by atoms with Gasteiger partial charge in [0.15, 0.2) is 0 Å². The van der Waals surface area contributed by atoms with Crippen LogP contribution in [0.2, 0.25) is 0 Å². The standard InChI is InChI=1S/C21H16Br2O/c22-19-11-16(12-20(23)21(19)24)17-9-8-15(10-18(17)14-6-7-14)13-4-2-1-3-5-13/h1-5,8-12,14,24H,6-7H2. The summed E-state index contributed by atoms with van der Waals surface area (Å²) in [7, 11) is 0. The topological polar surface area (TPSA) is 20.2 Å². The van der Waals surface area contributed by atoms with Crippen molar-refractivity contribution >= 4 is 31.9 Å². The van der Waals surface area contributed by atoms with E-state index in [9.17, 15) is 5.11 Å². The highest BCUT2D eigenvalue weighted by Gasteiger charge is 2.27. The maximum absolute atomic E-state index is 9.97. The van der Waals surface area contributed by atoms with E-state index >= 15 is 0 Å². The van der Waals surface area contributed by atoms with Gasteiger partial charge in [0.25, 0.3) is 0 Å². The predicted molar refractivity (Wildman–Crippen MR) is 106 cm³/mol. The Balaban J connectivity index is 1.85. The van der Waals surface area contributed by atoms with Crippen LogP contribution in [-0.4, -0.2) is 5.11 Å². The van der Waals surface area contributed by atoms with E-state index in [1.807, 2.05) is 18.2 Å². The zero-order valence-electron chi connectivity index (χ0n) is 13.0. The van der Waals surface area contributed by atoms with Gasteiger partial charge in [0.1, 0.15) is 5.75 Å². The van der Waals surface area contributed by atoms with Crippen LogP contribution in [0.3, 0.4) is 0 Å². The lowest BCUT2D eigenvalue weighted by molar-refractivity contribution is 0.468. The molecule has 0 unspecified atom stereocenters. The van der Waals surface area contributed by atoms with E-state index in [2.05, 4.69) is 74.3 Å². The second-order valence-electron chi connectivity index (χ2n) is 6.23. The van der Waals surface area contributed by atoms with Gasteiger partial charge in [-0.2, -0.15) is 0 Å². The number of phenolic OH excluding ortho intramolecular Hbond substituents is 1. The summed E-state index contributed by atoms with van der Waals surface area (Å²) in [6.45, 7) is 0. The summed E-state index contributed by atoms with van der Waals surface area (Å²) in [5, 5.41) is 9.97. The van der Waals surface area contributed by atoms with Crippen molar-refractivity contribution in [2.45, 2.75) is 18.8 Å². The first-order chi connectivity index (χ1) is 11.6. The molecule has 0 saturated heterocycles. The molecule has 4 rings (SSSR count). The smallest absolute Gasteiger partial charge is 0.143 e. The second kappa shape index (κ2) is 6.38. The molecule has 3 heteroatoms. The third-order valence-corrected chi connectivity index (χ3v) is 5.71. The quantitative estimate of drug-likeness (QED) is 0.456. The molecule has 1 saturated carbocycles. The number of hydrogen-bond acceptors (Lipinski definition) is 1. The molecule has 1 aliphatic carbocycles. The maximum Gasteiger partial charge on any atom is 0.143 e. The Labute approximate surface area is 158 Å². The molecule has 0 bridgehead atoms. The minimum atomic E-state index is 0.243. The SMILES string of the molecule is Oc1c(Br)cc(-c2ccc(-c3ccccc3)cc2C2CC2)cc1Br. The Kier molecular flexibility index (Phi) is 4.23. The van der Waals surface area contributed by atoms with Crippen molar-refractivity contribution in [3.63, 3.8) is 0 Å². The average molecular weight is 444 g/mol. The Morgan fingerprint density at radius 3 is 2.04 bits per heavy atom. The molecule has 1 N–H and O–H groups in total. The predicted octanol–water partition coefficient (Wildman–Crippen LogP) is 7.13. The molecule has 1 fully saturated rings. The normalized spacial score (nSPS) is 13.9. The van der Waals surface area contributed by atoms with Crippen LogP contribution in [0.4, 0.5) is 0 Å². The fourth-order valence-corrected chi connectivity index (χ4v) is 4.28. The lowest BCUT2D eigenvalue weighted by atomic mass is 9.92. The largest absolute Gasteiger partial charge is 0.506 e. The molecule has 0 amide bonds. The summed E-state index contributed by atoms with van der Waals surface area (Å²) < 4.78 is 1.42. The average Bonchev–Trinajstić information content (AvgIpc) is 3.44. The highest BCUT2D eigenvalue weighted by molar-refractivity contribution is 9.11. The Morgan fingerprint density at radius 1 is 0.750 bits per heavy atom. The van der Waals surface area contributed by atoms with E-state index in [4.69, 9.17) is 0 Å². The molecular formula is C21H16Br2O. The van der Waals surface area contributed by atoms with Gasteiger partial charge in [0, 0.05) is 0 Å². The van der Waals surface area contributed by atoms with E-state index in [0.717, 1.165) is 5.56 Å². The molecule has 1 aliphatic rings. The van der Waals surface area contributed by atoms with Gasteiger partial charge in [0.2, 0.25) is 0 Å². The number of benzene rings is 3. The van der Waals surface area contributed by atoms with Gasteiger partial charge in [-0.25, -0.2) is 0 Å². The summed E-state index contributed by atoms with van der Waals surface area (Å²) in [5.41, 5.74) is 6.28. The molecule has 0 heterocycles. The van der Waals surface area contributed by atoms with Crippen LogP contribution in [-0.2, 0) is 0 Å². The molecule has 0 atom stereocenters. The zero-order valence-corrected chi connectivity index (χ0v) is 16.1. The number of aromatic hydroxyl groups is 1. The molecule has 0 spiro atoms. The fraction of sp³-hybridized carbons (Fsp3) is 0.143. The Hall–Kier alpha value is -1.58. The molecule has 0 aromatic heterocycles. The van der Waals surface area contributed by atoms with Crippen molar-refractivity contribution in [2.24, 2.45) is 0 Å².